The first-order valence-corrected chi connectivity index (χ1v) is 7.59. The van der Waals surface area contributed by atoms with Crippen molar-refractivity contribution in [2.75, 3.05) is 65.6 Å². The fraction of sp³-hybridized carbons (Fsp3) is 0.857. The summed E-state index contributed by atoms with van der Waals surface area (Å²) < 4.78 is 5.25. The van der Waals surface area contributed by atoms with Crippen molar-refractivity contribution < 1.29 is 19.4 Å². The fourth-order valence-corrected chi connectivity index (χ4v) is 2.70. The minimum Gasteiger partial charge on any atom is -0.481 e. The molecule has 0 spiro atoms. The Kier molecular flexibility index (Phi) is 5.96. The molecule has 2 saturated heterocycles. The maximum atomic E-state index is 12.2. The lowest BCUT2D eigenvalue weighted by Crippen LogP contribution is -2.52. The summed E-state index contributed by atoms with van der Waals surface area (Å²) in [7, 11) is 0. The van der Waals surface area contributed by atoms with Gasteiger partial charge in [0.25, 0.3) is 0 Å². The Morgan fingerprint density at radius 1 is 1.05 bits per heavy atom. The summed E-state index contributed by atoms with van der Waals surface area (Å²) in [6.45, 7) is 8.72. The Balaban J connectivity index is 1.68. The molecular weight excluding hydrogens is 274 g/mol. The molecular formula is C14H25N3O4. The highest BCUT2D eigenvalue weighted by atomic mass is 16.5. The molecule has 0 aromatic rings. The van der Waals surface area contributed by atoms with Crippen LogP contribution in [0.15, 0.2) is 0 Å². The van der Waals surface area contributed by atoms with E-state index in [9.17, 15) is 9.59 Å². The van der Waals surface area contributed by atoms with Gasteiger partial charge in [0.1, 0.15) is 0 Å². The van der Waals surface area contributed by atoms with Crippen molar-refractivity contribution in [3.8, 4) is 0 Å². The number of carboxylic acid groups (broad SMARTS) is 1. The minimum atomic E-state index is -0.750. The van der Waals surface area contributed by atoms with Crippen LogP contribution in [-0.4, -0.2) is 97.3 Å². The highest BCUT2D eigenvalue weighted by Gasteiger charge is 2.24. The SMILES string of the molecule is CC(CN1CCN(CC(=O)N2CCOCC2)CC1)C(=O)O. The van der Waals surface area contributed by atoms with Gasteiger partial charge in [-0.2, -0.15) is 0 Å². The largest absolute Gasteiger partial charge is 0.481 e. The number of amides is 1. The van der Waals surface area contributed by atoms with Crippen molar-refractivity contribution in [1.29, 1.82) is 0 Å². The second kappa shape index (κ2) is 7.72. The van der Waals surface area contributed by atoms with E-state index in [1.165, 1.54) is 0 Å². The molecule has 1 N–H and O–H groups in total. The van der Waals surface area contributed by atoms with E-state index in [1.54, 1.807) is 6.92 Å². The van der Waals surface area contributed by atoms with Crippen LogP contribution in [0.1, 0.15) is 6.92 Å². The van der Waals surface area contributed by atoms with Crippen molar-refractivity contribution in [2.24, 2.45) is 5.92 Å². The van der Waals surface area contributed by atoms with E-state index < -0.39 is 5.97 Å². The van der Waals surface area contributed by atoms with Crippen LogP contribution < -0.4 is 0 Å². The molecule has 2 fully saturated rings. The molecule has 0 aliphatic carbocycles. The molecule has 7 heteroatoms. The average molecular weight is 299 g/mol. The minimum absolute atomic E-state index is 0.172. The van der Waals surface area contributed by atoms with Crippen LogP contribution >= 0.6 is 0 Å². The number of ether oxygens (including phenoxy) is 1. The summed E-state index contributed by atoms with van der Waals surface area (Å²) in [6.07, 6.45) is 0. The van der Waals surface area contributed by atoms with Crippen LogP contribution in [0.4, 0.5) is 0 Å². The highest BCUT2D eigenvalue weighted by Crippen LogP contribution is 2.07. The van der Waals surface area contributed by atoms with Crippen molar-refractivity contribution in [1.82, 2.24) is 14.7 Å². The maximum Gasteiger partial charge on any atom is 0.307 e. The molecule has 120 valence electrons. The Bertz CT molecular complexity index is 363. The number of nitrogens with zero attached hydrogens (tertiary/aromatic N) is 3. The number of morpholine rings is 1. The maximum absolute atomic E-state index is 12.2. The summed E-state index contributed by atoms with van der Waals surface area (Å²) in [5.74, 6) is -0.919. The van der Waals surface area contributed by atoms with E-state index in [4.69, 9.17) is 9.84 Å². The monoisotopic (exact) mass is 299 g/mol. The number of rotatable bonds is 5. The van der Waals surface area contributed by atoms with Gasteiger partial charge in [-0.05, 0) is 0 Å². The van der Waals surface area contributed by atoms with Gasteiger partial charge < -0.3 is 14.7 Å². The van der Waals surface area contributed by atoms with Gasteiger partial charge in [-0.3, -0.25) is 19.4 Å². The molecule has 0 aromatic carbocycles. The average Bonchev–Trinajstić information content (AvgIpc) is 2.50. The van der Waals surface area contributed by atoms with E-state index >= 15 is 0 Å². The first-order chi connectivity index (χ1) is 10.1. The van der Waals surface area contributed by atoms with E-state index in [0.29, 0.717) is 39.4 Å². The molecule has 21 heavy (non-hydrogen) atoms. The number of carboxylic acids is 1. The Morgan fingerprint density at radius 2 is 1.62 bits per heavy atom. The number of carbonyl (C=O) groups excluding carboxylic acids is 1. The molecule has 1 atom stereocenters. The third-order valence-corrected chi connectivity index (χ3v) is 4.14. The van der Waals surface area contributed by atoms with Gasteiger partial charge in [0.05, 0.1) is 25.7 Å². The lowest BCUT2D eigenvalue weighted by atomic mass is 10.1. The fourth-order valence-electron chi connectivity index (χ4n) is 2.70. The Labute approximate surface area is 125 Å². The topological polar surface area (TPSA) is 73.3 Å². The molecule has 0 saturated carbocycles. The summed E-state index contributed by atoms with van der Waals surface area (Å²) in [5.41, 5.74) is 0. The normalized spacial score (nSPS) is 23.0. The number of hydrogen-bond acceptors (Lipinski definition) is 5. The van der Waals surface area contributed by atoms with Crippen molar-refractivity contribution in [2.45, 2.75) is 6.92 Å². The van der Waals surface area contributed by atoms with E-state index in [-0.39, 0.29) is 11.8 Å². The van der Waals surface area contributed by atoms with Crippen LogP contribution in [0.2, 0.25) is 0 Å². The molecule has 0 radical (unpaired) electrons. The molecule has 1 unspecified atom stereocenters. The lowest BCUT2D eigenvalue weighted by molar-refractivity contribution is -0.141. The molecule has 2 aliphatic rings. The van der Waals surface area contributed by atoms with Gasteiger partial charge >= 0.3 is 5.97 Å². The molecule has 0 bridgehead atoms. The van der Waals surface area contributed by atoms with Crippen LogP contribution in [0, 0.1) is 5.92 Å². The highest BCUT2D eigenvalue weighted by molar-refractivity contribution is 5.78. The number of carbonyl (C=O) groups is 2. The quantitative estimate of drug-likeness (QED) is 0.715. The Morgan fingerprint density at radius 3 is 2.19 bits per heavy atom. The molecule has 2 heterocycles. The first-order valence-electron chi connectivity index (χ1n) is 7.59. The van der Waals surface area contributed by atoms with Gasteiger partial charge in [0, 0.05) is 45.8 Å². The molecule has 0 aromatic heterocycles. The zero-order chi connectivity index (χ0) is 15.2. The van der Waals surface area contributed by atoms with E-state index in [2.05, 4.69) is 9.80 Å². The summed E-state index contributed by atoms with van der Waals surface area (Å²) in [4.78, 5) is 29.2. The summed E-state index contributed by atoms with van der Waals surface area (Å²) >= 11 is 0. The van der Waals surface area contributed by atoms with Crippen molar-refractivity contribution in [3.05, 3.63) is 0 Å². The number of aliphatic carboxylic acids is 1. The molecule has 2 rings (SSSR count). The number of hydrogen-bond donors (Lipinski definition) is 1. The number of piperazine rings is 1. The summed E-state index contributed by atoms with van der Waals surface area (Å²) in [6, 6.07) is 0. The molecule has 1 amide bonds. The van der Waals surface area contributed by atoms with Crippen LogP contribution in [0.25, 0.3) is 0 Å². The van der Waals surface area contributed by atoms with Crippen molar-refractivity contribution >= 4 is 11.9 Å². The predicted molar refractivity (Wildman–Crippen MR) is 77.1 cm³/mol. The van der Waals surface area contributed by atoms with Crippen LogP contribution in [0.5, 0.6) is 0 Å². The zero-order valence-corrected chi connectivity index (χ0v) is 12.7. The predicted octanol–water partition coefficient (Wildman–Crippen LogP) is -0.816. The summed E-state index contributed by atoms with van der Waals surface area (Å²) in [5, 5.41) is 8.93. The smallest absolute Gasteiger partial charge is 0.307 e. The standard InChI is InChI=1S/C14H25N3O4/c1-12(14(19)20)10-15-2-4-16(5-3-15)11-13(18)17-6-8-21-9-7-17/h12H,2-11H2,1H3,(H,19,20). The van der Waals surface area contributed by atoms with Crippen LogP contribution in [0.3, 0.4) is 0 Å². The lowest BCUT2D eigenvalue weighted by Gasteiger charge is -2.36. The van der Waals surface area contributed by atoms with Gasteiger partial charge in [0.15, 0.2) is 0 Å². The second-order valence-corrected chi connectivity index (χ2v) is 5.81. The Hall–Kier alpha value is -1.18. The first kappa shape index (κ1) is 16.2. The van der Waals surface area contributed by atoms with Crippen LogP contribution in [-0.2, 0) is 14.3 Å². The van der Waals surface area contributed by atoms with E-state index in [1.807, 2.05) is 4.90 Å². The third-order valence-electron chi connectivity index (χ3n) is 4.14. The second-order valence-electron chi connectivity index (χ2n) is 5.81. The van der Waals surface area contributed by atoms with Gasteiger partial charge in [-0.1, -0.05) is 6.92 Å². The zero-order valence-electron chi connectivity index (χ0n) is 12.7. The van der Waals surface area contributed by atoms with Gasteiger partial charge in [-0.25, -0.2) is 0 Å². The molecule has 7 nitrogen and oxygen atoms in total. The van der Waals surface area contributed by atoms with Gasteiger partial charge in [-0.15, -0.1) is 0 Å². The third kappa shape index (κ3) is 4.94. The van der Waals surface area contributed by atoms with E-state index in [0.717, 1.165) is 26.2 Å². The molecule has 2 aliphatic heterocycles. The van der Waals surface area contributed by atoms with Crippen molar-refractivity contribution in [3.63, 3.8) is 0 Å². The van der Waals surface area contributed by atoms with Gasteiger partial charge in [0.2, 0.25) is 5.91 Å².